The molecule has 4 heteroatoms. The first-order valence-corrected chi connectivity index (χ1v) is 7.27. The molecule has 0 aromatic heterocycles. The number of nitrogens with zero attached hydrogens (tertiary/aromatic N) is 1. The van der Waals surface area contributed by atoms with Gasteiger partial charge >= 0.3 is 0 Å². The van der Waals surface area contributed by atoms with E-state index in [0.29, 0.717) is 38.9 Å². The summed E-state index contributed by atoms with van der Waals surface area (Å²) in [5.41, 5.74) is 6.29. The molecule has 0 bridgehead atoms. The second kappa shape index (κ2) is 6.37. The zero-order valence-corrected chi connectivity index (χ0v) is 12.1. The lowest BCUT2D eigenvalue weighted by atomic mass is 9.91. The number of piperidine rings is 1. The molecule has 1 saturated heterocycles. The third-order valence-electron chi connectivity index (χ3n) is 4.11. The van der Waals surface area contributed by atoms with Gasteiger partial charge < -0.3 is 15.7 Å². The fraction of sp³-hybridized carbons (Fsp3) is 0.562. The Kier molecular flexibility index (Phi) is 4.78. The fourth-order valence-corrected chi connectivity index (χ4v) is 2.64. The van der Waals surface area contributed by atoms with Crippen molar-refractivity contribution < 1.29 is 9.90 Å². The minimum Gasteiger partial charge on any atom is -0.390 e. The summed E-state index contributed by atoms with van der Waals surface area (Å²) in [5, 5.41) is 9.94. The molecule has 1 aromatic rings. The highest BCUT2D eigenvalue weighted by atomic mass is 16.3. The number of carbonyl (C=O) groups is 1. The summed E-state index contributed by atoms with van der Waals surface area (Å²) in [6.45, 7) is 3.44. The molecule has 110 valence electrons. The lowest BCUT2D eigenvalue weighted by Gasteiger charge is -2.37. The average Bonchev–Trinajstić information content (AvgIpc) is 2.45. The first-order valence-electron chi connectivity index (χ1n) is 7.27. The van der Waals surface area contributed by atoms with E-state index in [9.17, 15) is 9.90 Å². The van der Waals surface area contributed by atoms with Crippen molar-refractivity contribution in [2.75, 3.05) is 19.6 Å². The largest absolute Gasteiger partial charge is 0.390 e. The molecule has 1 aliphatic rings. The summed E-state index contributed by atoms with van der Waals surface area (Å²) in [6.07, 6.45) is 1.96. The molecule has 1 heterocycles. The highest BCUT2D eigenvalue weighted by Gasteiger charge is 2.32. The molecule has 0 aliphatic carbocycles. The van der Waals surface area contributed by atoms with Crippen molar-refractivity contribution in [3.05, 3.63) is 35.9 Å². The molecule has 3 N–H and O–H groups in total. The standard InChI is InChI=1S/C16H24N2O2/c1-16(20)7-9-18(10-8-16)15(19)14(12-17)11-13-5-3-2-4-6-13/h2-6,14,20H,7-12,17H2,1H3. The van der Waals surface area contributed by atoms with E-state index in [-0.39, 0.29) is 11.8 Å². The SMILES string of the molecule is CC1(O)CCN(C(=O)C(CN)Cc2ccccc2)CC1. The third-order valence-corrected chi connectivity index (χ3v) is 4.11. The van der Waals surface area contributed by atoms with Gasteiger partial charge in [-0.3, -0.25) is 4.79 Å². The minimum absolute atomic E-state index is 0.117. The molecule has 1 amide bonds. The van der Waals surface area contributed by atoms with Crippen LogP contribution in [-0.4, -0.2) is 41.1 Å². The van der Waals surface area contributed by atoms with Gasteiger partial charge in [-0.25, -0.2) is 0 Å². The van der Waals surface area contributed by atoms with E-state index in [1.807, 2.05) is 42.2 Å². The number of benzene rings is 1. The summed E-state index contributed by atoms with van der Waals surface area (Å²) in [4.78, 5) is 14.4. The highest BCUT2D eigenvalue weighted by Crippen LogP contribution is 2.23. The molecular weight excluding hydrogens is 252 g/mol. The van der Waals surface area contributed by atoms with E-state index in [1.165, 1.54) is 0 Å². The number of carbonyl (C=O) groups excluding carboxylic acids is 1. The Bertz CT molecular complexity index is 435. The van der Waals surface area contributed by atoms with Crippen LogP contribution in [0.1, 0.15) is 25.3 Å². The van der Waals surface area contributed by atoms with Gasteiger partial charge in [0.25, 0.3) is 0 Å². The number of likely N-dealkylation sites (tertiary alicyclic amines) is 1. The zero-order chi connectivity index (χ0) is 14.6. The van der Waals surface area contributed by atoms with Gasteiger partial charge in [-0.1, -0.05) is 30.3 Å². The van der Waals surface area contributed by atoms with Crippen molar-refractivity contribution in [2.45, 2.75) is 31.8 Å². The van der Waals surface area contributed by atoms with E-state index in [1.54, 1.807) is 0 Å². The van der Waals surface area contributed by atoms with Crippen LogP contribution in [0.5, 0.6) is 0 Å². The van der Waals surface area contributed by atoms with E-state index < -0.39 is 5.60 Å². The topological polar surface area (TPSA) is 66.6 Å². The minimum atomic E-state index is -0.631. The van der Waals surface area contributed by atoms with Crippen molar-refractivity contribution >= 4 is 5.91 Å². The highest BCUT2D eigenvalue weighted by molar-refractivity contribution is 5.79. The van der Waals surface area contributed by atoms with Crippen LogP contribution in [0.3, 0.4) is 0 Å². The quantitative estimate of drug-likeness (QED) is 0.867. The van der Waals surface area contributed by atoms with E-state index in [4.69, 9.17) is 5.73 Å². The third kappa shape index (κ3) is 3.81. The Morgan fingerprint density at radius 1 is 1.35 bits per heavy atom. The smallest absolute Gasteiger partial charge is 0.227 e. The normalized spacial score (nSPS) is 19.6. The summed E-state index contributed by atoms with van der Waals surface area (Å²) in [5.74, 6) is -0.0488. The van der Waals surface area contributed by atoms with E-state index in [2.05, 4.69) is 0 Å². The molecule has 2 rings (SSSR count). The molecule has 0 saturated carbocycles. The van der Waals surface area contributed by atoms with Gasteiger partial charge in [0.05, 0.1) is 11.5 Å². The predicted molar refractivity (Wildman–Crippen MR) is 79.1 cm³/mol. The summed E-state index contributed by atoms with van der Waals surface area (Å²) < 4.78 is 0. The van der Waals surface area contributed by atoms with Crippen molar-refractivity contribution in [1.82, 2.24) is 4.90 Å². The van der Waals surface area contributed by atoms with Crippen molar-refractivity contribution in [3.63, 3.8) is 0 Å². The molecule has 1 aliphatic heterocycles. The van der Waals surface area contributed by atoms with Crippen LogP contribution in [0.4, 0.5) is 0 Å². The van der Waals surface area contributed by atoms with E-state index >= 15 is 0 Å². The Labute approximate surface area is 120 Å². The van der Waals surface area contributed by atoms with Crippen LogP contribution < -0.4 is 5.73 Å². The molecule has 0 radical (unpaired) electrons. The molecule has 0 spiro atoms. The Morgan fingerprint density at radius 3 is 2.50 bits per heavy atom. The number of nitrogens with two attached hydrogens (primary N) is 1. The van der Waals surface area contributed by atoms with E-state index in [0.717, 1.165) is 5.56 Å². The molecule has 1 unspecified atom stereocenters. The average molecular weight is 276 g/mol. The zero-order valence-electron chi connectivity index (χ0n) is 12.1. The number of rotatable bonds is 4. The summed E-state index contributed by atoms with van der Waals surface area (Å²) >= 11 is 0. The Hall–Kier alpha value is -1.39. The monoisotopic (exact) mass is 276 g/mol. The van der Waals surface area contributed by atoms with Crippen LogP contribution in [-0.2, 0) is 11.2 Å². The first kappa shape index (κ1) is 15.0. The van der Waals surface area contributed by atoms with Gasteiger partial charge in [-0.2, -0.15) is 0 Å². The van der Waals surface area contributed by atoms with Crippen LogP contribution in [0, 0.1) is 5.92 Å². The van der Waals surface area contributed by atoms with Gasteiger partial charge in [0.2, 0.25) is 5.91 Å². The summed E-state index contributed by atoms with van der Waals surface area (Å²) in [6, 6.07) is 9.97. The van der Waals surface area contributed by atoms with Crippen LogP contribution in [0.25, 0.3) is 0 Å². The van der Waals surface area contributed by atoms with Crippen molar-refractivity contribution in [2.24, 2.45) is 11.7 Å². The van der Waals surface area contributed by atoms with Crippen molar-refractivity contribution in [3.8, 4) is 0 Å². The molecule has 1 fully saturated rings. The molecule has 20 heavy (non-hydrogen) atoms. The fourth-order valence-electron chi connectivity index (χ4n) is 2.64. The maximum atomic E-state index is 12.5. The molecule has 1 atom stereocenters. The van der Waals surface area contributed by atoms with Gasteiger partial charge in [0.1, 0.15) is 0 Å². The number of hydrogen-bond acceptors (Lipinski definition) is 3. The summed E-state index contributed by atoms with van der Waals surface area (Å²) in [7, 11) is 0. The Balaban J connectivity index is 1.96. The molecule has 1 aromatic carbocycles. The maximum absolute atomic E-state index is 12.5. The van der Waals surface area contributed by atoms with Gasteiger partial charge in [0.15, 0.2) is 0 Å². The number of hydrogen-bond donors (Lipinski definition) is 2. The van der Waals surface area contributed by atoms with Crippen molar-refractivity contribution in [1.29, 1.82) is 0 Å². The molecule has 4 nitrogen and oxygen atoms in total. The number of aliphatic hydroxyl groups is 1. The lowest BCUT2D eigenvalue weighted by molar-refractivity contribution is -0.138. The van der Waals surface area contributed by atoms with Gasteiger partial charge in [-0.05, 0) is 31.7 Å². The van der Waals surface area contributed by atoms with Gasteiger partial charge in [-0.15, -0.1) is 0 Å². The first-order chi connectivity index (χ1) is 9.52. The van der Waals surface area contributed by atoms with Crippen LogP contribution in [0.15, 0.2) is 30.3 Å². The maximum Gasteiger partial charge on any atom is 0.227 e. The van der Waals surface area contributed by atoms with Crippen LogP contribution in [0.2, 0.25) is 0 Å². The van der Waals surface area contributed by atoms with Gasteiger partial charge in [0, 0.05) is 19.6 Å². The molecular formula is C16H24N2O2. The lowest BCUT2D eigenvalue weighted by Crippen LogP contribution is -2.48. The second-order valence-electron chi connectivity index (χ2n) is 5.94. The second-order valence-corrected chi connectivity index (χ2v) is 5.94. The van der Waals surface area contributed by atoms with Crippen LogP contribution >= 0.6 is 0 Å². The number of amides is 1. The Morgan fingerprint density at radius 2 is 1.95 bits per heavy atom. The predicted octanol–water partition coefficient (Wildman–Crippen LogP) is 1.18.